The van der Waals surface area contributed by atoms with Crippen molar-refractivity contribution in [2.45, 2.75) is 31.1 Å². The summed E-state index contributed by atoms with van der Waals surface area (Å²) in [4.78, 5) is 4.07. The summed E-state index contributed by atoms with van der Waals surface area (Å²) in [6.07, 6.45) is 1.19. The monoisotopic (exact) mass is 364 g/mol. The van der Waals surface area contributed by atoms with E-state index >= 15 is 0 Å². The molecule has 0 radical (unpaired) electrons. The molecule has 3 rings (SSSR count). The van der Waals surface area contributed by atoms with Crippen LogP contribution in [0.4, 0.5) is 4.39 Å². The number of hydrogen-bond donors (Lipinski definition) is 1. The Labute approximate surface area is 147 Å². The molecule has 0 saturated carbocycles. The minimum atomic E-state index is -3.35. The molecule has 0 amide bonds. The third-order valence-corrected chi connectivity index (χ3v) is 6.25. The minimum absolute atomic E-state index is 0.0382. The summed E-state index contributed by atoms with van der Waals surface area (Å²) in [6, 6.07) is 10.4. The van der Waals surface area contributed by atoms with E-state index in [-0.39, 0.29) is 17.8 Å². The SMILES string of the molecule is CC(C)S(=O)(=O)N[C@H]1COC[C@H]1c1ccc(-c2ccc(F)cn2)cc1. The summed E-state index contributed by atoms with van der Waals surface area (Å²) in [6.45, 7) is 4.13. The Kier molecular flexibility index (Phi) is 5.17. The molecular formula is C18H21FN2O3S. The maximum Gasteiger partial charge on any atom is 0.214 e. The topological polar surface area (TPSA) is 68.3 Å². The van der Waals surface area contributed by atoms with Crippen LogP contribution in [-0.4, -0.2) is 37.9 Å². The average Bonchev–Trinajstić information content (AvgIpc) is 3.03. The fourth-order valence-electron chi connectivity index (χ4n) is 2.79. The van der Waals surface area contributed by atoms with E-state index < -0.39 is 15.3 Å². The zero-order valence-corrected chi connectivity index (χ0v) is 15.0. The van der Waals surface area contributed by atoms with Crippen molar-refractivity contribution in [3.63, 3.8) is 0 Å². The van der Waals surface area contributed by atoms with Crippen LogP contribution < -0.4 is 4.72 Å². The van der Waals surface area contributed by atoms with Crippen LogP contribution in [0, 0.1) is 5.82 Å². The van der Waals surface area contributed by atoms with Gasteiger partial charge in [0, 0.05) is 11.5 Å². The number of nitrogens with one attached hydrogen (secondary N) is 1. The Balaban J connectivity index is 1.78. The summed E-state index contributed by atoms with van der Waals surface area (Å²) in [5, 5.41) is -0.485. The quantitative estimate of drug-likeness (QED) is 0.886. The molecule has 2 heterocycles. The maximum atomic E-state index is 13.0. The van der Waals surface area contributed by atoms with Gasteiger partial charge in [0.2, 0.25) is 10.0 Å². The highest BCUT2D eigenvalue weighted by Gasteiger charge is 2.33. The van der Waals surface area contributed by atoms with E-state index in [4.69, 9.17) is 4.74 Å². The second-order valence-electron chi connectivity index (χ2n) is 6.45. The second kappa shape index (κ2) is 7.19. The number of sulfonamides is 1. The van der Waals surface area contributed by atoms with Crippen LogP contribution in [-0.2, 0) is 14.8 Å². The highest BCUT2D eigenvalue weighted by atomic mass is 32.2. The van der Waals surface area contributed by atoms with Crippen molar-refractivity contribution in [2.24, 2.45) is 0 Å². The Morgan fingerprint density at radius 3 is 2.48 bits per heavy atom. The first-order valence-electron chi connectivity index (χ1n) is 8.17. The Morgan fingerprint density at radius 1 is 1.16 bits per heavy atom. The number of benzene rings is 1. The average molecular weight is 364 g/mol. The molecular weight excluding hydrogens is 343 g/mol. The van der Waals surface area contributed by atoms with E-state index in [0.717, 1.165) is 11.1 Å². The lowest BCUT2D eigenvalue weighted by molar-refractivity contribution is 0.189. The van der Waals surface area contributed by atoms with Gasteiger partial charge in [-0.05, 0) is 31.5 Å². The van der Waals surface area contributed by atoms with Gasteiger partial charge in [0.1, 0.15) is 5.82 Å². The molecule has 2 atom stereocenters. The van der Waals surface area contributed by atoms with Gasteiger partial charge >= 0.3 is 0 Å². The van der Waals surface area contributed by atoms with Gasteiger partial charge in [0.25, 0.3) is 0 Å². The second-order valence-corrected chi connectivity index (χ2v) is 8.71. The van der Waals surface area contributed by atoms with Crippen molar-refractivity contribution < 1.29 is 17.5 Å². The van der Waals surface area contributed by atoms with Gasteiger partial charge in [-0.1, -0.05) is 24.3 Å². The fraction of sp³-hybridized carbons (Fsp3) is 0.389. The van der Waals surface area contributed by atoms with E-state index in [1.165, 1.54) is 12.3 Å². The van der Waals surface area contributed by atoms with Gasteiger partial charge < -0.3 is 4.74 Å². The molecule has 1 aromatic carbocycles. The van der Waals surface area contributed by atoms with Crippen molar-refractivity contribution in [1.29, 1.82) is 0 Å². The molecule has 0 spiro atoms. The van der Waals surface area contributed by atoms with E-state index in [1.54, 1.807) is 19.9 Å². The third-order valence-electron chi connectivity index (χ3n) is 4.38. The predicted octanol–water partition coefficient (Wildman–Crippen LogP) is 2.70. The zero-order valence-electron chi connectivity index (χ0n) is 14.1. The van der Waals surface area contributed by atoms with Crippen molar-refractivity contribution in [3.8, 4) is 11.3 Å². The molecule has 0 bridgehead atoms. The highest BCUT2D eigenvalue weighted by molar-refractivity contribution is 7.90. The largest absolute Gasteiger partial charge is 0.379 e. The molecule has 1 fully saturated rings. The van der Waals surface area contributed by atoms with Gasteiger partial charge in [0.15, 0.2) is 0 Å². The zero-order chi connectivity index (χ0) is 18.0. The van der Waals surface area contributed by atoms with E-state index in [9.17, 15) is 12.8 Å². The number of aromatic nitrogens is 1. The molecule has 25 heavy (non-hydrogen) atoms. The molecule has 1 saturated heterocycles. The first-order chi connectivity index (χ1) is 11.9. The summed E-state index contributed by atoms with van der Waals surface area (Å²) in [5.41, 5.74) is 2.56. The van der Waals surface area contributed by atoms with E-state index in [2.05, 4.69) is 9.71 Å². The van der Waals surface area contributed by atoms with Gasteiger partial charge in [-0.15, -0.1) is 0 Å². The number of nitrogens with zero attached hydrogens (tertiary/aromatic N) is 1. The van der Waals surface area contributed by atoms with Crippen molar-refractivity contribution >= 4 is 10.0 Å². The number of halogens is 1. The number of rotatable bonds is 5. The lowest BCUT2D eigenvalue weighted by atomic mass is 9.94. The minimum Gasteiger partial charge on any atom is -0.379 e. The molecule has 0 unspecified atom stereocenters. The van der Waals surface area contributed by atoms with Crippen molar-refractivity contribution in [1.82, 2.24) is 9.71 Å². The Hall–Kier alpha value is -1.83. The summed E-state index contributed by atoms with van der Waals surface area (Å²) in [5.74, 6) is -0.410. The maximum absolute atomic E-state index is 13.0. The van der Waals surface area contributed by atoms with Crippen LogP contribution in [0.5, 0.6) is 0 Å². The third kappa shape index (κ3) is 4.05. The van der Waals surface area contributed by atoms with Gasteiger partial charge in [-0.3, -0.25) is 4.98 Å². The molecule has 134 valence electrons. The standard InChI is InChI=1S/C18H21FN2O3S/c1-12(2)25(22,23)21-18-11-24-10-16(18)13-3-5-14(6-4-13)17-8-7-15(19)9-20-17/h3-9,12,16,18,21H,10-11H2,1-2H3/t16-,18-/m0/s1. The summed E-state index contributed by atoms with van der Waals surface area (Å²) in [7, 11) is -3.35. The fourth-order valence-corrected chi connectivity index (χ4v) is 3.72. The molecule has 7 heteroatoms. The highest BCUT2D eigenvalue weighted by Crippen LogP contribution is 2.28. The molecule has 0 aliphatic carbocycles. The Morgan fingerprint density at radius 2 is 1.88 bits per heavy atom. The molecule has 1 N–H and O–H groups in total. The lowest BCUT2D eigenvalue weighted by Gasteiger charge is -2.21. The van der Waals surface area contributed by atoms with Crippen LogP contribution >= 0.6 is 0 Å². The van der Waals surface area contributed by atoms with Crippen LogP contribution in [0.2, 0.25) is 0 Å². The molecule has 1 aromatic heterocycles. The van der Waals surface area contributed by atoms with E-state index in [0.29, 0.717) is 18.9 Å². The Bertz CT molecular complexity index is 820. The van der Waals surface area contributed by atoms with Gasteiger partial charge in [-0.25, -0.2) is 17.5 Å². The first-order valence-corrected chi connectivity index (χ1v) is 9.72. The van der Waals surface area contributed by atoms with Crippen LogP contribution in [0.25, 0.3) is 11.3 Å². The van der Waals surface area contributed by atoms with Crippen LogP contribution in [0.15, 0.2) is 42.6 Å². The number of hydrogen-bond acceptors (Lipinski definition) is 4. The molecule has 1 aliphatic rings. The number of pyridine rings is 1. The van der Waals surface area contributed by atoms with Crippen molar-refractivity contribution in [2.75, 3.05) is 13.2 Å². The van der Waals surface area contributed by atoms with Crippen LogP contribution in [0.1, 0.15) is 25.3 Å². The summed E-state index contributed by atoms with van der Waals surface area (Å²) < 4.78 is 45.5. The van der Waals surface area contributed by atoms with Crippen molar-refractivity contribution in [3.05, 3.63) is 54.0 Å². The van der Waals surface area contributed by atoms with Crippen LogP contribution in [0.3, 0.4) is 0 Å². The molecule has 5 nitrogen and oxygen atoms in total. The predicted molar refractivity (Wildman–Crippen MR) is 94.2 cm³/mol. The normalized spacial score (nSPS) is 21.0. The smallest absolute Gasteiger partial charge is 0.214 e. The van der Waals surface area contributed by atoms with E-state index in [1.807, 2.05) is 24.3 Å². The first kappa shape index (κ1) is 18.0. The molecule has 1 aliphatic heterocycles. The lowest BCUT2D eigenvalue weighted by Crippen LogP contribution is -2.42. The summed E-state index contributed by atoms with van der Waals surface area (Å²) >= 11 is 0. The van der Waals surface area contributed by atoms with Gasteiger partial charge in [-0.2, -0.15) is 0 Å². The van der Waals surface area contributed by atoms with Gasteiger partial charge in [0.05, 0.1) is 36.4 Å². The number of ether oxygens (including phenoxy) is 1. The molecule has 2 aromatic rings.